The second-order valence-electron chi connectivity index (χ2n) is 6.77. The van der Waals surface area contributed by atoms with Crippen LogP contribution >= 0.6 is 0 Å². The molecule has 0 radical (unpaired) electrons. The maximum atomic E-state index is 14.0. The van der Waals surface area contributed by atoms with Crippen molar-refractivity contribution in [2.24, 2.45) is 0 Å². The summed E-state index contributed by atoms with van der Waals surface area (Å²) in [5, 5.41) is 2.13. The third-order valence-corrected chi connectivity index (χ3v) is 4.82. The van der Waals surface area contributed by atoms with Crippen molar-refractivity contribution in [2.75, 3.05) is 20.4 Å². The average Bonchev–Trinajstić information content (AvgIpc) is 3.20. The van der Waals surface area contributed by atoms with E-state index in [9.17, 15) is 31.1 Å². The van der Waals surface area contributed by atoms with Crippen LogP contribution in [0, 0.1) is 0 Å². The molecule has 1 aliphatic rings. The highest BCUT2D eigenvalue weighted by atomic mass is 19.4. The van der Waals surface area contributed by atoms with Crippen molar-refractivity contribution in [3.63, 3.8) is 0 Å². The van der Waals surface area contributed by atoms with Crippen molar-refractivity contribution in [2.45, 2.75) is 18.0 Å². The van der Waals surface area contributed by atoms with Gasteiger partial charge in [-0.15, -0.1) is 0 Å². The van der Waals surface area contributed by atoms with Crippen LogP contribution in [0.25, 0.3) is 6.08 Å². The maximum Gasteiger partial charge on any atom is 0.423 e. The first kappa shape index (κ1) is 23.5. The van der Waals surface area contributed by atoms with Gasteiger partial charge in [0.15, 0.2) is 11.5 Å². The van der Waals surface area contributed by atoms with Crippen LogP contribution in [0.5, 0.6) is 11.5 Å². The Labute approximate surface area is 178 Å². The second kappa shape index (κ2) is 8.73. The van der Waals surface area contributed by atoms with Crippen LogP contribution < -0.4 is 14.8 Å². The van der Waals surface area contributed by atoms with E-state index in [1.54, 1.807) is 0 Å². The van der Waals surface area contributed by atoms with Gasteiger partial charge in [0.1, 0.15) is 0 Å². The van der Waals surface area contributed by atoms with Gasteiger partial charge in [0.25, 0.3) is 0 Å². The smallest absolute Gasteiger partial charge is 0.423 e. The van der Waals surface area contributed by atoms with E-state index in [-0.39, 0.29) is 29.4 Å². The van der Waals surface area contributed by atoms with Gasteiger partial charge in [0.2, 0.25) is 18.3 Å². The molecular weight excluding hydrogens is 444 g/mol. The molecule has 1 heterocycles. The average molecular weight is 461 g/mol. The zero-order valence-electron chi connectivity index (χ0n) is 16.5. The van der Waals surface area contributed by atoms with Crippen LogP contribution in [0.15, 0.2) is 48.5 Å². The van der Waals surface area contributed by atoms with Crippen LogP contribution in [-0.2, 0) is 21.3 Å². The molecule has 1 N–H and O–H groups in total. The SMILES string of the molecule is COC(CNC(=O)C=Cc1ccc(C(F)(F)F)cc1)(c1ccc2c(c1)OCO2)C(F)(F)F. The molecule has 0 fully saturated rings. The van der Waals surface area contributed by atoms with Crippen molar-refractivity contribution in [3.05, 3.63) is 65.2 Å². The Morgan fingerprint density at radius 1 is 1.00 bits per heavy atom. The Kier molecular flexibility index (Phi) is 6.40. The van der Waals surface area contributed by atoms with Gasteiger partial charge in [0.05, 0.1) is 12.1 Å². The first-order valence-corrected chi connectivity index (χ1v) is 9.11. The van der Waals surface area contributed by atoms with Crippen molar-refractivity contribution in [3.8, 4) is 11.5 Å². The molecule has 3 rings (SSSR count). The molecule has 5 nitrogen and oxygen atoms in total. The van der Waals surface area contributed by atoms with E-state index in [1.807, 2.05) is 0 Å². The lowest BCUT2D eigenvalue weighted by atomic mass is 9.92. The summed E-state index contributed by atoms with van der Waals surface area (Å²) >= 11 is 0. The van der Waals surface area contributed by atoms with Crippen molar-refractivity contribution < 1.29 is 45.3 Å². The summed E-state index contributed by atoms with van der Waals surface area (Å²) in [5.74, 6) is -0.498. The van der Waals surface area contributed by atoms with E-state index >= 15 is 0 Å². The van der Waals surface area contributed by atoms with Gasteiger partial charge in [-0.25, -0.2) is 0 Å². The Balaban J connectivity index is 1.75. The third-order valence-electron chi connectivity index (χ3n) is 4.82. The van der Waals surface area contributed by atoms with Gasteiger partial charge in [0, 0.05) is 13.2 Å². The predicted molar refractivity (Wildman–Crippen MR) is 101 cm³/mol. The minimum absolute atomic E-state index is 0.113. The molecule has 1 amide bonds. The number of fused-ring (bicyclic) bond motifs is 1. The lowest BCUT2D eigenvalue weighted by Gasteiger charge is -2.35. The van der Waals surface area contributed by atoms with Crippen molar-refractivity contribution >= 4 is 12.0 Å². The van der Waals surface area contributed by atoms with Crippen LogP contribution in [-0.4, -0.2) is 32.5 Å². The van der Waals surface area contributed by atoms with Crippen molar-refractivity contribution in [1.29, 1.82) is 0 Å². The van der Waals surface area contributed by atoms with E-state index in [1.165, 1.54) is 12.1 Å². The number of hydrogen-bond donors (Lipinski definition) is 1. The predicted octanol–water partition coefficient (Wildman–Crippen LogP) is 4.67. The van der Waals surface area contributed by atoms with Gasteiger partial charge in [-0.3, -0.25) is 4.79 Å². The topological polar surface area (TPSA) is 56.8 Å². The van der Waals surface area contributed by atoms with Crippen molar-refractivity contribution in [1.82, 2.24) is 5.32 Å². The number of halogens is 6. The monoisotopic (exact) mass is 461 g/mol. The molecule has 11 heteroatoms. The number of methoxy groups -OCH3 is 1. The molecule has 0 saturated carbocycles. The zero-order valence-corrected chi connectivity index (χ0v) is 16.5. The highest BCUT2D eigenvalue weighted by molar-refractivity contribution is 5.91. The van der Waals surface area contributed by atoms with Crippen LogP contribution in [0.3, 0.4) is 0 Å². The van der Waals surface area contributed by atoms with Gasteiger partial charge in [-0.05, 0) is 41.5 Å². The molecule has 2 aromatic carbocycles. The lowest BCUT2D eigenvalue weighted by Crippen LogP contribution is -2.52. The highest BCUT2D eigenvalue weighted by Crippen LogP contribution is 2.44. The zero-order chi connectivity index (χ0) is 23.6. The molecule has 1 aliphatic heterocycles. The van der Waals surface area contributed by atoms with Gasteiger partial charge in [-0.1, -0.05) is 18.2 Å². The molecule has 0 spiro atoms. The number of rotatable bonds is 6. The fourth-order valence-electron chi connectivity index (χ4n) is 3.05. The summed E-state index contributed by atoms with van der Waals surface area (Å²) in [4.78, 5) is 12.1. The summed E-state index contributed by atoms with van der Waals surface area (Å²) in [6, 6.07) is 7.53. The quantitative estimate of drug-likeness (QED) is 0.502. The van der Waals surface area contributed by atoms with E-state index in [4.69, 9.17) is 14.2 Å². The third kappa shape index (κ3) is 4.82. The van der Waals surface area contributed by atoms with E-state index in [0.717, 1.165) is 49.6 Å². The Morgan fingerprint density at radius 2 is 1.62 bits per heavy atom. The summed E-state index contributed by atoms with van der Waals surface area (Å²) in [5.41, 5.74) is -3.77. The number of carbonyl (C=O) groups excluding carboxylic acids is 1. The number of nitrogens with one attached hydrogen (secondary N) is 1. The molecule has 0 aromatic heterocycles. The number of ether oxygens (including phenoxy) is 3. The van der Waals surface area contributed by atoms with E-state index < -0.39 is 36.0 Å². The number of alkyl halides is 6. The van der Waals surface area contributed by atoms with Gasteiger partial charge >= 0.3 is 12.4 Å². The van der Waals surface area contributed by atoms with Gasteiger partial charge in [-0.2, -0.15) is 26.3 Å². The van der Waals surface area contributed by atoms with Gasteiger partial charge < -0.3 is 19.5 Å². The number of hydrogen-bond acceptors (Lipinski definition) is 4. The first-order chi connectivity index (χ1) is 15.0. The minimum Gasteiger partial charge on any atom is -0.454 e. The molecule has 1 unspecified atom stereocenters. The second-order valence-corrected chi connectivity index (χ2v) is 6.77. The molecule has 32 heavy (non-hydrogen) atoms. The van der Waals surface area contributed by atoms with E-state index in [2.05, 4.69) is 5.32 Å². The maximum absolute atomic E-state index is 14.0. The molecule has 0 bridgehead atoms. The summed E-state index contributed by atoms with van der Waals surface area (Å²) in [6.07, 6.45) is -7.31. The summed E-state index contributed by atoms with van der Waals surface area (Å²) < 4.78 is 94.8. The highest BCUT2D eigenvalue weighted by Gasteiger charge is 2.57. The fourth-order valence-corrected chi connectivity index (χ4v) is 3.05. The number of amides is 1. The molecular formula is C21H17F6NO4. The molecule has 0 saturated heterocycles. The number of carbonyl (C=O) groups is 1. The molecule has 172 valence electrons. The number of benzene rings is 2. The summed E-state index contributed by atoms with van der Waals surface area (Å²) in [6.45, 7) is -1.08. The Hall–Kier alpha value is -3.21. The molecule has 2 aromatic rings. The molecule has 1 atom stereocenters. The molecule has 0 aliphatic carbocycles. The Morgan fingerprint density at radius 3 is 2.22 bits per heavy atom. The Bertz CT molecular complexity index is 1000. The largest absolute Gasteiger partial charge is 0.454 e. The first-order valence-electron chi connectivity index (χ1n) is 9.11. The normalized spacial score (nSPS) is 15.6. The standard InChI is InChI=1S/C21H17F6NO4/c1-30-19(21(25,26)27,15-7-8-16-17(10-15)32-12-31-16)11-28-18(29)9-4-13-2-5-14(6-3-13)20(22,23)24/h2-10H,11-12H2,1H3,(H,28,29). The minimum atomic E-state index is -4.90. The van der Waals surface area contributed by atoms with Crippen LogP contribution in [0.2, 0.25) is 0 Å². The van der Waals surface area contributed by atoms with Crippen LogP contribution in [0.4, 0.5) is 26.3 Å². The summed E-state index contributed by atoms with van der Waals surface area (Å²) in [7, 11) is 0.863. The lowest BCUT2D eigenvalue weighted by molar-refractivity contribution is -0.274. The van der Waals surface area contributed by atoms with E-state index in [0.29, 0.717) is 0 Å². The van der Waals surface area contributed by atoms with Crippen LogP contribution in [0.1, 0.15) is 16.7 Å². The fraction of sp³-hybridized carbons (Fsp3) is 0.286.